The number of H-pyrrole nitrogens is 2. The molecule has 0 unspecified atom stereocenters. The number of aromatic nitrogens is 2. The minimum Gasteiger partial charge on any atom is -0.355 e. The second-order valence-corrected chi connectivity index (χ2v) is 4.96. The first-order valence-electron chi connectivity index (χ1n) is 6.72. The van der Waals surface area contributed by atoms with E-state index in [1.807, 2.05) is 12.1 Å². The Labute approximate surface area is 116 Å². The number of hydrogen-bond acceptors (Lipinski definition) is 0. The highest BCUT2D eigenvalue weighted by molar-refractivity contribution is 5.86. The summed E-state index contributed by atoms with van der Waals surface area (Å²) in [4.78, 5) is 6.80. The Kier molecular flexibility index (Phi) is 2.46. The zero-order valence-electron chi connectivity index (χ0n) is 10.9. The van der Waals surface area contributed by atoms with Gasteiger partial charge >= 0.3 is 0 Å². The van der Waals surface area contributed by atoms with E-state index in [2.05, 4.69) is 70.7 Å². The van der Waals surface area contributed by atoms with Gasteiger partial charge in [0.2, 0.25) is 0 Å². The summed E-state index contributed by atoms with van der Waals surface area (Å²) in [5.74, 6) is 0. The highest BCUT2D eigenvalue weighted by atomic mass is 14.7. The van der Waals surface area contributed by atoms with Gasteiger partial charge < -0.3 is 9.97 Å². The third-order valence-corrected chi connectivity index (χ3v) is 3.54. The predicted octanol–water partition coefficient (Wildman–Crippen LogP) is 4.82. The van der Waals surface area contributed by atoms with Crippen LogP contribution in [0.1, 0.15) is 11.4 Å². The average Bonchev–Trinajstić information content (AvgIpc) is 3.07. The van der Waals surface area contributed by atoms with E-state index < -0.39 is 0 Å². The molecule has 0 aliphatic carbocycles. The molecule has 2 nitrogen and oxygen atoms in total. The van der Waals surface area contributed by atoms with Crippen molar-refractivity contribution in [3.8, 4) is 0 Å². The van der Waals surface area contributed by atoms with Crippen molar-refractivity contribution in [1.82, 2.24) is 9.97 Å². The van der Waals surface area contributed by atoms with Crippen LogP contribution in [0.3, 0.4) is 0 Å². The first-order valence-corrected chi connectivity index (χ1v) is 6.72. The number of para-hydroxylation sites is 2. The summed E-state index contributed by atoms with van der Waals surface area (Å²) >= 11 is 0. The van der Waals surface area contributed by atoms with E-state index in [0.717, 1.165) is 11.4 Å². The molecule has 0 saturated carbocycles. The van der Waals surface area contributed by atoms with Crippen molar-refractivity contribution in [2.24, 2.45) is 0 Å². The molecule has 2 aromatic carbocycles. The lowest BCUT2D eigenvalue weighted by atomic mass is 10.2. The molecule has 2 heterocycles. The van der Waals surface area contributed by atoms with Crippen LogP contribution in [0.5, 0.6) is 0 Å². The van der Waals surface area contributed by atoms with E-state index in [1.165, 1.54) is 21.8 Å². The van der Waals surface area contributed by atoms with Crippen molar-refractivity contribution in [3.63, 3.8) is 0 Å². The van der Waals surface area contributed by atoms with E-state index in [1.54, 1.807) is 0 Å². The van der Waals surface area contributed by atoms with E-state index >= 15 is 0 Å². The molecule has 0 bridgehead atoms. The van der Waals surface area contributed by atoms with Crippen molar-refractivity contribution in [3.05, 3.63) is 72.1 Å². The van der Waals surface area contributed by atoms with Gasteiger partial charge in [-0.15, -0.1) is 0 Å². The van der Waals surface area contributed by atoms with Crippen molar-refractivity contribution in [2.45, 2.75) is 0 Å². The van der Waals surface area contributed by atoms with Crippen LogP contribution >= 0.6 is 0 Å². The van der Waals surface area contributed by atoms with Crippen molar-refractivity contribution < 1.29 is 0 Å². The Morgan fingerprint density at radius 2 is 1.05 bits per heavy atom. The Hall–Kier alpha value is -2.74. The quantitative estimate of drug-likeness (QED) is 0.516. The van der Waals surface area contributed by atoms with Gasteiger partial charge in [-0.2, -0.15) is 0 Å². The molecular formula is C18H14N2. The van der Waals surface area contributed by atoms with Crippen molar-refractivity contribution >= 4 is 34.0 Å². The van der Waals surface area contributed by atoms with Crippen LogP contribution in [0, 0.1) is 0 Å². The van der Waals surface area contributed by atoms with Crippen molar-refractivity contribution in [1.29, 1.82) is 0 Å². The molecule has 96 valence electrons. The second-order valence-electron chi connectivity index (χ2n) is 4.96. The number of hydrogen-bond donors (Lipinski definition) is 2. The smallest absolute Gasteiger partial charge is 0.0458 e. The third-order valence-electron chi connectivity index (χ3n) is 3.54. The highest BCUT2D eigenvalue weighted by Gasteiger charge is 1.98. The average molecular weight is 258 g/mol. The van der Waals surface area contributed by atoms with Gasteiger partial charge in [-0.1, -0.05) is 36.4 Å². The highest BCUT2D eigenvalue weighted by Crippen LogP contribution is 2.18. The summed E-state index contributed by atoms with van der Waals surface area (Å²) in [6.07, 6.45) is 4.20. The van der Waals surface area contributed by atoms with Crippen LogP contribution in [0.2, 0.25) is 0 Å². The molecule has 4 rings (SSSR count). The maximum atomic E-state index is 3.40. The molecule has 4 aromatic rings. The fraction of sp³-hybridized carbons (Fsp3) is 0. The van der Waals surface area contributed by atoms with Gasteiger partial charge in [0.1, 0.15) is 0 Å². The Bertz CT molecular complexity index is 767. The molecule has 0 fully saturated rings. The molecule has 0 saturated heterocycles. The Morgan fingerprint density at radius 1 is 0.600 bits per heavy atom. The number of benzene rings is 2. The van der Waals surface area contributed by atoms with E-state index in [4.69, 9.17) is 0 Å². The second kappa shape index (κ2) is 4.42. The van der Waals surface area contributed by atoms with Crippen LogP contribution in [0.4, 0.5) is 0 Å². The monoisotopic (exact) mass is 258 g/mol. The first-order chi connectivity index (χ1) is 9.88. The van der Waals surface area contributed by atoms with Gasteiger partial charge in [-0.3, -0.25) is 0 Å². The number of aromatic amines is 2. The minimum atomic E-state index is 1.12. The molecule has 2 heteroatoms. The lowest BCUT2D eigenvalue weighted by Crippen LogP contribution is -1.71. The maximum absolute atomic E-state index is 3.40. The molecule has 2 N–H and O–H groups in total. The normalized spacial score (nSPS) is 11.8. The third kappa shape index (κ3) is 1.91. The summed E-state index contributed by atoms with van der Waals surface area (Å²) < 4.78 is 0. The molecule has 0 spiro atoms. The predicted molar refractivity (Wildman–Crippen MR) is 85.5 cm³/mol. The molecule has 20 heavy (non-hydrogen) atoms. The summed E-state index contributed by atoms with van der Waals surface area (Å²) in [5, 5.41) is 2.48. The maximum Gasteiger partial charge on any atom is 0.0458 e. The topological polar surface area (TPSA) is 31.6 Å². The number of rotatable bonds is 2. The van der Waals surface area contributed by atoms with Gasteiger partial charge in [0, 0.05) is 22.4 Å². The molecule has 0 amide bonds. The fourth-order valence-corrected chi connectivity index (χ4v) is 2.55. The fourth-order valence-electron chi connectivity index (χ4n) is 2.55. The largest absolute Gasteiger partial charge is 0.355 e. The molecule has 0 aliphatic heterocycles. The first kappa shape index (κ1) is 11.1. The molecule has 2 aromatic heterocycles. The van der Waals surface area contributed by atoms with Crippen LogP contribution in [0.25, 0.3) is 34.0 Å². The van der Waals surface area contributed by atoms with Gasteiger partial charge in [0.05, 0.1) is 0 Å². The number of fused-ring (bicyclic) bond motifs is 2. The Balaban J connectivity index is 1.70. The van der Waals surface area contributed by atoms with Crippen LogP contribution in [-0.2, 0) is 0 Å². The summed E-state index contributed by atoms with van der Waals surface area (Å²) in [7, 11) is 0. The van der Waals surface area contributed by atoms with Crippen LogP contribution in [0.15, 0.2) is 60.7 Å². The van der Waals surface area contributed by atoms with E-state index in [-0.39, 0.29) is 0 Å². The van der Waals surface area contributed by atoms with Crippen LogP contribution < -0.4 is 0 Å². The van der Waals surface area contributed by atoms with Gasteiger partial charge in [-0.25, -0.2) is 0 Å². The lowest BCUT2D eigenvalue weighted by Gasteiger charge is -1.87. The zero-order valence-corrected chi connectivity index (χ0v) is 10.9. The van der Waals surface area contributed by atoms with E-state index in [0.29, 0.717) is 0 Å². The Morgan fingerprint density at radius 3 is 1.50 bits per heavy atom. The van der Waals surface area contributed by atoms with Gasteiger partial charge in [-0.05, 0) is 47.2 Å². The van der Waals surface area contributed by atoms with Gasteiger partial charge in [0.15, 0.2) is 0 Å². The SMILES string of the molecule is C(=Cc1cc2ccccc2[nH]1)c1cc2ccccc2[nH]1. The molecule has 0 aliphatic rings. The summed E-state index contributed by atoms with van der Waals surface area (Å²) in [5.41, 5.74) is 4.57. The van der Waals surface area contributed by atoms with Gasteiger partial charge in [0.25, 0.3) is 0 Å². The summed E-state index contributed by atoms with van der Waals surface area (Å²) in [6, 6.07) is 20.9. The summed E-state index contributed by atoms with van der Waals surface area (Å²) in [6.45, 7) is 0. The van der Waals surface area contributed by atoms with E-state index in [9.17, 15) is 0 Å². The molecular weight excluding hydrogens is 244 g/mol. The molecule has 0 radical (unpaired) electrons. The van der Waals surface area contributed by atoms with Crippen molar-refractivity contribution in [2.75, 3.05) is 0 Å². The number of nitrogens with one attached hydrogen (secondary N) is 2. The zero-order chi connectivity index (χ0) is 13.4. The molecule has 0 atom stereocenters. The lowest BCUT2D eigenvalue weighted by molar-refractivity contribution is 1.42. The standard InChI is InChI=1S/C18H14N2/c1-3-7-17-13(5-1)11-15(19-17)9-10-16-12-14-6-2-4-8-18(14)20-16/h1-12,19-20H. The van der Waals surface area contributed by atoms with Crippen LogP contribution in [-0.4, -0.2) is 9.97 Å². The minimum absolute atomic E-state index is 1.12.